The van der Waals surface area contributed by atoms with Gasteiger partial charge in [-0.3, -0.25) is 9.36 Å². The second-order valence-corrected chi connectivity index (χ2v) is 5.30. The molecule has 0 spiro atoms. The number of nitrogens with one attached hydrogen (secondary N) is 1. The van der Waals surface area contributed by atoms with Crippen molar-refractivity contribution in [3.8, 4) is 0 Å². The molecule has 0 saturated heterocycles. The van der Waals surface area contributed by atoms with Crippen LogP contribution in [0.2, 0.25) is 0 Å². The molecule has 0 rings (SSSR count). The lowest BCUT2D eigenvalue weighted by Crippen LogP contribution is -2.35. The highest BCUT2D eigenvalue weighted by atomic mass is 31.2. The van der Waals surface area contributed by atoms with Gasteiger partial charge in [-0.15, -0.1) is 0 Å². The summed E-state index contributed by atoms with van der Waals surface area (Å²) in [4.78, 5) is 29.2. The van der Waals surface area contributed by atoms with Gasteiger partial charge in [0.2, 0.25) is 5.91 Å². The number of hydrogen-bond acceptors (Lipinski definition) is 2. The minimum Gasteiger partial charge on any atom is -0.338 e. The van der Waals surface area contributed by atoms with Crippen LogP contribution in [0.4, 0.5) is 0 Å². The van der Waals surface area contributed by atoms with E-state index < -0.39 is 19.3 Å². The van der Waals surface area contributed by atoms with Gasteiger partial charge in [-0.05, 0) is 13.3 Å². The number of rotatable bonds is 6. The van der Waals surface area contributed by atoms with Crippen LogP contribution in [0.15, 0.2) is 12.2 Å². The molecule has 0 aliphatic heterocycles. The smallest absolute Gasteiger partial charge is 0.338 e. The Kier molecular flexibility index (Phi) is 5.80. The molecule has 0 aromatic rings. The molecule has 88 valence electrons. The van der Waals surface area contributed by atoms with Crippen molar-refractivity contribution in [2.24, 2.45) is 0 Å². The zero-order valence-corrected chi connectivity index (χ0v) is 9.96. The molecule has 0 aromatic carbocycles. The molecule has 15 heavy (non-hydrogen) atoms. The molecule has 1 unspecified atom stereocenters. The molecule has 6 heteroatoms. The summed E-state index contributed by atoms with van der Waals surface area (Å²) in [6, 6.07) is 0. The third-order valence-corrected chi connectivity index (χ3v) is 3.12. The normalized spacial score (nSPS) is 13.3. The van der Waals surface area contributed by atoms with Crippen molar-refractivity contribution in [3.05, 3.63) is 12.2 Å². The lowest BCUT2D eigenvalue weighted by molar-refractivity contribution is -0.117. The van der Waals surface area contributed by atoms with E-state index in [1.54, 1.807) is 0 Å². The van der Waals surface area contributed by atoms with Gasteiger partial charge in [-0.2, -0.15) is 0 Å². The van der Waals surface area contributed by atoms with E-state index in [-0.39, 0.29) is 12.0 Å². The second kappa shape index (κ2) is 6.05. The molecule has 3 N–H and O–H groups in total. The summed E-state index contributed by atoms with van der Waals surface area (Å²) < 4.78 is 11.0. The zero-order valence-electron chi connectivity index (χ0n) is 9.06. The molecule has 0 bridgehead atoms. The Morgan fingerprint density at radius 2 is 2.07 bits per heavy atom. The number of hydrogen-bond donors (Lipinski definition) is 3. The van der Waals surface area contributed by atoms with E-state index in [0.717, 1.165) is 6.42 Å². The average Bonchev–Trinajstić information content (AvgIpc) is 2.09. The van der Waals surface area contributed by atoms with Crippen LogP contribution in [0.1, 0.15) is 33.1 Å². The predicted molar refractivity (Wildman–Crippen MR) is 58.3 cm³/mol. The van der Waals surface area contributed by atoms with Gasteiger partial charge in [0.05, 0.1) is 0 Å². The van der Waals surface area contributed by atoms with Crippen LogP contribution >= 0.6 is 7.60 Å². The predicted octanol–water partition coefficient (Wildman–Crippen LogP) is 1.37. The number of carbonyl (C=O) groups excluding carboxylic acids is 1. The lowest BCUT2D eigenvalue weighted by atomic mass is 10.2. The first kappa shape index (κ1) is 14.4. The maximum absolute atomic E-state index is 11.2. The van der Waals surface area contributed by atoms with Crippen LogP contribution in [0.3, 0.4) is 0 Å². The molecule has 0 aliphatic carbocycles. The fraction of sp³-hybridized carbons (Fsp3) is 0.667. The molecule has 5 nitrogen and oxygen atoms in total. The first-order valence-electron chi connectivity index (χ1n) is 4.80. The van der Waals surface area contributed by atoms with Gasteiger partial charge in [0.25, 0.3) is 0 Å². The van der Waals surface area contributed by atoms with Crippen LogP contribution < -0.4 is 5.32 Å². The summed E-state index contributed by atoms with van der Waals surface area (Å²) in [5.74, 6) is -1.61. The maximum Gasteiger partial charge on any atom is 0.347 e. The van der Waals surface area contributed by atoms with Crippen LogP contribution in [0, 0.1) is 0 Å². The third kappa shape index (κ3) is 5.72. The summed E-state index contributed by atoms with van der Waals surface area (Å²) in [7, 11) is -4.27. The minimum absolute atomic E-state index is 0.241. The molecule has 0 radical (unpaired) electrons. The topological polar surface area (TPSA) is 86.6 Å². The molecular formula is C9H18NO4P. The van der Waals surface area contributed by atoms with Crippen molar-refractivity contribution >= 4 is 13.5 Å². The van der Waals surface area contributed by atoms with Gasteiger partial charge in [0, 0.05) is 5.57 Å². The summed E-state index contributed by atoms with van der Waals surface area (Å²) in [6.45, 7) is 6.81. The highest BCUT2D eigenvalue weighted by Crippen LogP contribution is 2.42. The van der Waals surface area contributed by atoms with Gasteiger partial charge in [-0.25, -0.2) is 0 Å². The minimum atomic E-state index is -4.27. The Bertz CT molecular complexity index is 284. The van der Waals surface area contributed by atoms with E-state index in [2.05, 4.69) is 11.9 Å². The fourth-order valence-electron chi connectivity index (χ4n) is 0.996. The Morgan fingerprint density at radius 1 is 1.53 bits per heavy atom. The van der Waals surface area contributed by atoms with E-state index in [1.165, 1.54) is 6.92 Å². The first-order valence-corrected chi connectivity index (χ1v) is 6.48. The summed E-state index contributed by atoms with van der Waals surface area (Å²) in [5.41, 5.74) is 0.241. The number of unbranched alkanes of at least 4 members (excludes halogenated alkanes) is 1. The fourth-order valence-corrected chi connectivity index (χ4v) is 1.80. The monoisotopic (exact) mass is 235 g/mol. The van der Waals surface area contributed by atoms with Crippen LogP contribution in [-0.2, 0) is 9.36 Å². The zero-order chi connectivity index (χ0) is 12.1. The highest BCUT2D eigenvalue weighted by molar-refractivity contribution is 7.52. The van der Waals surface area contributed by atoms with Crippen LogP contribution in [0.5, 0.6) is 0 Å². The van der Waals surface area contributed by atoms with Gasteiger partial charge < -0.3 is 15.1 Å². The number of amides is 1. The van der Waals surface area contributed by atoms with E-state index >= 15 is 0 Å². The Labute approximate surface area is 89.7 Å². The third-order valence-electron chi connectivity index (χ3n) is 1.92. The van der Waals surface area contributed by atoms with E-state index in [9.17, 15) is 9.36 Å². The molecular weight excluding hydrogens is 217 g/mol. The van der Waals surface area contributed by atoms with E-state index in [4.69, 9.17) is 9.79 Å². The molecule has 1 atom stereocenters. The molecule has 1 amide bonds. The summed E-state index contributed by atoms with van der Waals surface area (Å²) >= 11 is 0. The van der Waals surface area contributed by atoms with Crippen molar-refractivity contribution in [1.82, 2.24) is 5.32 Å². The standard InChI is InChI=1S/C9H18NO4P/c1-4-5-6-8(15(12,13)14)10-9(11)7(2)3/h8H,2,4-6H2,1,3H3,(H,10,11)(H2,12,13,14). The van der Waals surface area contributed by atoms with Gasteiger partial charge in [-0.1, -0.05) is 26.3 Å². The second-order valence-electron chi connectivity index (χ2n) is 3.50. The molecule has 0 saturated carbocycles. The maximum atomic E-state index is 11.2. The molecule has 0 fully saturated rings. The van der Waals surface area contributed by atoms with E-state index in [1.807, 2.05) is 6.92 Å². The Hall–Kier alpha value is -0.640. The lowest BCUT2D eigenvalue weighted by Gasteiger charge is -2.19. The first-order chi connectivity index (χ1) is 6.79. The Morgan fingerprint density at radius 3 is 2.40 bits per heavy atom. The van der Waals surface area contributed by atoms with Gasteiger partial charge >= 0.3 is 7.60 Å². The molecule has 0 heterocycles. The average molecular weight is 235 g/mol. The largest absolute Gasteiger partial charge is 0.347 e. The van der Waals surface area contributed by atoms with Crippen molar-refractivity contribution < 1.29 is 19.1 Å². The quantitative estimate of drug-likeness (QED) is 0.479. The summed E-state index contributed by atoms with van der Waals surface area (Å²) in [5, 5.41) is 2.29. The van der Waals surface area contributed by atoms with Crippen LogP contribution in [0.25, 0.3) is 0 Å². The van der Waals surface area contributed by atoms with Crippen molar-refractivity contribution in [2.75, 3.05) is 0 Å². The van der Waals surface area contributed by atoms with Crippen molar-refractivity contribution in [3.63, 3.8) is 0 Å². The van der Waals surface area contributed by atoms with Gasteiger partial charge in [0.1, 0.15) is 5.78 Å². The Balaban J connectivity index is 4.45. The van der Waals surface area contributed by atoms with Crippen molar-refractivity contribution in [2.45, 2.75) is 38.9 Å². The summed E-state index contributed by atoms with van der Waals surface area (Å²) in [6.07, 6.45) is 1.76. The van der Waals surface area contributed by atoms with Gasteiger partial charge in [0.15, 0.2) is 0 Å². The highest BCUT2D eigenvalue weighted by Gasteiger charge is 2.29. The number of carbonyl (C=O) groups is 1. The van der Waals surface area contributed by atoms with E-state index in [0.29, 0.717) is 6.42 Å². The molecule has 0 aliphatic rings. The SMILES string of the molecule is C=C(C)C(=O)NC(CCCC)P(=O)(O)O. The molecule has 0 aromatic heterocycles. The van der Waals surface area contributed by atoms with Crippen LogP contribution in [-0.4, -0.2) is 21.5 Å². The van der Waals surface area contributed by atoms with Crippen molar-refractivity contribution in [1.29, 1.82) is 0 Å².